The van der Waals surface area contributed by atoms with E-state index in [2.05, 4.69) is 15.3 Å². The second-order valence-electron chi connectivity index (χ2n) is 5.58. The van der Waals surface area contributed by atoms with Crippen LogP contribution >= 0.6 is 11.6 Å². The van der Waals surface area contributed by atoms with E-state index in [1.807, 2.05) is 61.3 Å². The first kappa shape index (κ1) is 17.0. The molecule has 0 aliphatic heterocycles. The minimum atomic E-state index is 0.659. The van der Waals surface area contributed by atoms with Gasteiger partial charge in [0.1, 0.15) is 23.7 Å². The number of aryl methyl sites for hydroxylation is 1. The molecule has 0 unspecified atom stereocenters. The van der Waals surface area contributed by atoms with Crippen molar-refractivity contribution in [1.29, 1.82) is 0 Å². The molecule has 1 N–H and O–H groups in total. The smallest absolute Gasteiger partial charge is 0.143 e. The van der Waals surface area contributed by atoms with Crippen molar-refractivity contribution in [3.63, 3.8) is 0 Å². The highest BCUT2D eigenvalue weighted by molar-refractivity contribution is 6.31. The summed E-state index contributed by atoms with van der Waals surface area (Å²) in [4.78, 5) is 10.7. The van der Waals surface area contributed by atoms with Crippen LogP contribution in [0.2, 0.25) is 5.02 Å². The summed E-state index contributed by atoms with van der Waals surface area (Å²) in [6, 6.07) is 15.6. The molecule has 0 radical (unpaired) electrons. The molecule has 3 rings (SSSR count). The lowest BCUT2D eigenvalue weighted by Gasteiger charge is -2.19. The van der Waals surface area contributed by atoms with E-state index in [0.29, 0.717) is 16.6 Å². The molecule has 0 aliphatic carbocycles. The summed E-state index contributed by atoms with van der Waals surface area (Å²) in [5, 5.41) is 3.94. The normalized spacial score (nSPS) is 10.4. The average molecular weight is 355 g/mol. The number of nitrogens with one attached hydrogen (secondary N) is 1. The number of halogens is 1. The fourth-order valence-electron chi connectivity index (χ4n) is 2.45. The zero-order valence-corrected chi connectivity index (χ0v) is 15.1. The van der Waals surface area contributed by atoms with Gasteiger partial charge in [0.05, 0.1) is 12.8 Å². The van der Waals surface area contributed by atoms with Gasteiger partial charge in [-0.1, -0.05) is 29.8 Å². The average Bonchev–Trinajstić information content (AvgIpc) is 2.65. The summed E-state index contributed by atoms with van der Waals surface area (Å²) >= 11 is 6.16. The Balaban J connectivity index is 1.89. The number of ether oxygens (including phenoxy) is 1. The Morgan fingerprint density at radius 1 is 1.08 bits per heavy atom. The zero-order valence-electron chi connectivity index (χ0n) is 14.3. The molecule has 5 nitrogen and oxygen atoms in total. The van der Waals surface area contributed by atoms with Gasteiger partial charge in [-0.3, -0.25) is 0 Å². The van der Waals surface area contributed by atoms with Gasteiger partial charge in [-0.05, 0) is 30.7 Å². The van der Waals surface area contributed by atoms with E-state index in [-0.39, 0.29) is 0 Å². The standard InChI is InChI=1S/C19H19ClN4O/c1-13-9-16(17(25-3)10-15(13)20)23-18-11-19(22-12-21-18)24(2)14-7-5-4-6-8-14/h4-12H,1-3H3,(H,21,22,23). The van der Waals surface area contributed by atoms with Crippen molar-refractivity contribution in [2.24, 2.45) is 0 Å². The predicted molar refractivity (Wildman–Crippen MR) is 103 cm³/mol. The molecule has 0 atom stereocenters. The molecular weight excluding hydrogens is 336 g/mol. The van der Waals surface area contributed by atoms with Gasteiger partial charge in [0.15, 0.2) is 0 Å². The number of para-hydroxylation sites is 1. The second kappa shape index (κ2) is 7.40. The van der Waals surface area contributed by atoms with Crippen LogP contribution in [0, 0.1) is 6.92 Å². The summed E-state index contributed by atoms with van der Waals surface area (Å²) in [6.07, 6.45) is 1.53. The molecule has 0 aliphatic rings. The van der Waals surface area contributed by atoms with E-state index < -0.39 is 0 Å². The summed E-state index contributed by atoms with van der Waals surface area (Å²) in [6.45, 7) is 1.95. The largest absolute Gasteiger partial charge is 0.495 e. The number of hydrogen-bond donors (Lipinski definition) is 1. The predicted octanol–water partition coefficient (Wildman–Crippen LogP) is 4.96. The molecule has 0 spiro atoms. The molecule has 1 heterocycles. The van der Waals surface area contributed by atoms with Gasteiger partial charge in [-0.2, -0.15) is 0 Å². The number of nitrogens with zero attached hydrogens (tertiary/aromatic N) is 3. The van der Waals surface area contributed by atoms with Gasteiger partial charge in [0.2, 0.25) is 0 Å². The molecule has 128 valence electrons. The van der Waals surface area contributed by atoms with Crippen molar-refractivity contribution in [2.45, 2.75) is 6.92 Å². The molecule has 0 saturated carbocycles. The fourth-order valence-corrected chi connectivity index (χ4v) is 2.60. The lowest BCUT2D eigenvalue weighted by molar-refractivity contribution is 0.416. The van der Waals surface area contributed by atoms with E-state index in [1.54, 1.807) is 13.2 Å². The minimum Gasteiger partial charge on any atom is -0.495 e. The van der Waals surface area contributed by atoms with Crippen molar-refractivity contribution in [2.75, 3.05) is 24.4 Å². The van der Waals surface area contributed by atoms with Crippen LogP contribution in [0.25, 0.3) is 0 Å². The Hall–Kier alpha value is -2.79. The van der Waals surface area contributed by atoms with Crippen LogP contribution in [-0.4, -0.2) is 24.1 Å². The second-order valence-corrected chi connectivity index (χ2v) is 5.99. The highest BCUT2D eigenvalue weighted by Gasteiger charge is 2.10. The topological polar surface area (TPSA) is 50.3 Å². The number of benzene rings is 2. The molecule has 0 fully saturated rings. The number of methoxy groups -OCH3 is 1. The Bertz CT molecular complexity index is 871. The van der Waals surface area contributed by atoms with Crippen molar-refractivity contribution in [1.82, 2.24) is 9.97 Å². The summed E-state index contributed by atoms with van der Waals surface area (Å²) < 4.78 is 5.40. The number of anilines is 4. The van der Waals surface area contributed by atoms with Crippen LogP contribution < -0.4 is 15.0 Å². The molecule has 0 bridgehead atoms. The van der Waals surface area contributed by atoms with Gasteiger partial charge in [-0.25, -0.2) is 9.97 Å². The number of hydrogen-bond acceptors (Lipinski definition) is 5. The fraction of sp³-hybridized carbons (Fsp3) is 0.158. The first-order chi connectivity index (χ1) is 12.1. The number of aromatic nitrogens is 2. The third-order valence-corrected chi connectivity index (χ3v) is 4.29. The van der Waals surface area contributed by atoms with E-state index in [1.165, 1.54) is 6.33 Å². The van der Waals surface area contributed by atoms with Crippen LogP contribution in [0.15, 0.2) is 54.9 Å². The minimum absolute atomic E-state index is 0.659. The van der Waals surface area contributed by atoms with Crippen LogP contribution in [0.3, 0.4) is 0 Å². The summed E-state index contributed by atoms with van der Waals surface area (Å²) in [5.74, 6) is 2.12. The lowest BCUT2D eigenvalue weighted by Crippen LogP contribution is -2.11. The number of rotatable bonds is 5. The third-order valence-electron chi connectivity index (χ3n) is 3.88. The molecule has 0 amide bonds. The lowest BCUT2D eigenvalue weighted by atomic mass is 10.2. The van der Waals surface area contributed by atoms with Crippen molar-refractivity contribution >= 4 is 34.6 Å². The quantitative estimate of drug-likeness (QED) is 0.701. The van der Waals surface area contributed by atoms with Gasteiger partial charge in [0.25, 0.3) is 0 Å². The Kier molecular flexibility index (Phi) is 5.05. The van der Waals surface area contributed by atoms with Crippen LogP contribution in [0.4, 0.5) is 23.0 Å². The van der Waals surface area contributed by atoms with E-state index in [0.717, 1.165) is 22.8 Å². The summed E-state index contributed by atoms with van der Waals surface area (Å²) in [7, 11) is 3.58. The molecule has 0 saturated heterocycles. The molecule has 6 heteroatoms. The van der Waals surface area contributed by atoms with Crippen molar-refractivity contribution in [3.05, 3.63) is 65.4 Å². The molecule has 1 aromatic heterocycles. The van der Waals surface area contributed by atoms with Gasteiger partial charge in [-0.15, -0.1) is 0 Å². The maximum absolute atomic E-state index is 6.16. The van der Waals surface area contributed by atoms with Crippen molar-refractivity contribution in [3.8, 4) is 5.75 Å². The SMILES string of the molecule is COc1cc(Cl)c(C)cc1Nc1cc(N(C)c2ccccc2)ncn1. The maximum atomic E-state index is 6.16. The van der Waals surface area contributed by atoms with E-state index in [4.69, 9.17) is 16.3 Å². The first-order valence-electron chi connectivity index (χ1n) is 7.80. The Labute approximate surface area is 152 Å². The van der Waals surface area contributed by atoms with Crippen LogP contribution in [0.5, 0.6) is 5.75 Å². The van der Waals surface area contributed by atoms with Gasteiger partial charge < -0.3 is 15.0 Å². The van der Waals surface area contributed by atoms with Crippen LogP contribution in [0.1, 0.15) is 5.56 Å². The molecular formula is C19H19ClN4O. The third kappa shape index (κ3) is 3.83. The van der Waals surface area contributed by atoms with Crippen LogP contribution in [-0.2, 0) is 0 Å². The molecule has 2 aromatic carbocycles. The van der Waals surface area contributed by atoms with Gasteiger partial charge >= 0.3 is 0 Å². The Morgan fingerprint density at radius 2 is 1.84 bits per heavy atom. The maximum Gasteiger partial charge on any atom is 0.143 e. The monoisotopic (exact) mass is 354 g/mol. The van der Waals surface area contributed by atoms with Gasteiger partial charge in [0, 0.05) is 29.9 Å². The highest BCUT2D eigenvalue weighted by Crippen LogP contribution is 2.33. The Morgan fingerprint density at radius 3 is 2.56 bits per heavy atom. The molecule has 25 heavy (non-hydrogen) atoms. The van der Waals surface area contributed by atoms with E-state index in [9.17, 15) is 0 Å². The van der Waals surface area contributed by atoms with Crippen molar-refractivity contribution < 1.29 is 4.74 Å². The summed E-state index contributed by atoms with van der Waals surface area (Å²) in [5.41, 5.74) is 2.81. The zero-order chi connectivity index (χ0) is 17.8. The van der Waals surface area contributed by atoms with E-state index >= 15 is 0 Å². The first-order valence-corrected chi connectivity index (χ1v) is 8.18. The highest BCUT2D eigenvalue weighted by atomic mass is 35.5. The molecule has 3 aromatic rings.